The van der Waals surface area contributed by atoms with E-state index in [1.807, 2.05) is 18.2 Å². The van der Waals surface area contributed by atoms with E-state index in [2.05, 4.69) is 17.1 Å². The number of rotatable bonds is 3. The third-order valence-corrected chi connectivity index (χ3v) is 3.94. The van der Waals surface area contributed by atoms with Crippen LogP contribution in [-0.2, 0) is 11.2 Å². The fraction of sp³-hybridized carbons (Fsp3) is 0.438. The highest BCUT2D eigenvalue weighted by atomic mass is 16.5. The molecule has 6 nitrogen and oxygen atoms in total. The van der Waals surface area contributed by atoms with E-state index in [0.717, 1.165) is 29.3 Å². The van der Waals surface area contributed by atoms with Gasteiger partial charge in [0.25, 0.3) is 5.91 Å². The first kappa shape index (κ1) is 14.7. The van der Waals surface area contributed by atoms with Crippen LogP contribution in [0.2, 0.25) is 0 Å². The molecular weight excluding hydrogens is 280 g/mol. The van der Waals surface area contributed by atoms with Gasteiger partial charge in [-0.25, -0.2) is 0 Å². The number of carbonyl (C=O) groups excluding carboxylic acids is 1. The number of anilines is 1. The van der Waals surface area contributed by atoms with Crippen molar-refractivity contribution in [3.05, 3.63) is 29.5 Å². The maximum absolute atomic E-state index is 12.6. The van der Waals surface area contributed by atoms with Crippen LogP contribution in [0.5, 0.6) is 0 Å². The smallest absolute Gasteiger partial charge is 0.276 e. The molecule has 1 aromatic carbocycles. The number of aromatic nitrogens is 2. The number of carbonyl (C=O) groups is 1. The number of aryl methyl sites for hydroxylation is 1. The summed E-state index contributed by atoms with van der Waals surface area (Å²) < 4.78 is 5.27. The number of fused-ring (bicyclic) bond motifs is 1. The number of benzene rings is 1. The molecule has 1 aliphatic heterocycles. The minimum absolute atomic E-state index is 0.170. The van der Waals surface area contributed by atoms with Crippen molar-refractivity contribution < 1.29 is 9.53 Å². The van der Waals surface area contributed by atoms with E-state index in [4.69, 9.17) is 10.5 Å². The highest BCUT2D eigenvalue weighted by Crippen LogP contribution is 2.25. The average Bonchev–Trinajstić information content (AvgIpc) is 2.56. The molecule has 0 atom stereocenters. The van der Waals surface area contributed by atoms with E-state index < -0.39 is 0 Å². The normalized spacial score (nSPS) is 15.2. The molecule has 1 amide bonds. The monoisotopic (exact) mass is 300 g/mol. The molecule has 1 aromatic heterocycles. The number of nitrogens with zero attached hydrogens (tertiary/aromatic N) is 3. The van der Waals surface area contributed by atoms with Crippen molar-refractivity contribution in [1.82, 2.24) is 15.1 Å². The Kier molecular flexibility index (Phi) is 4.20. The van der Waals surface area contributed by atoms with Crippen molar-refractivity contribution in [3.63, 3.8) is 0 Å². The first-order valence-electron chi connectivity index (χ1n) is 7.63. The summed E-state index contributed by atoms with van der Waals surface area (Å²) in [5, 5.41) is 9.19. The van der Waals surface area contributed by atoms with Crippen LogP contribution in [0.4, 0.5) is 5.69 Å². The molecule has 2 aromatic rings. The quantitative estimate of drug-likeness (QED) is 0.932. The van der Waals surface area contributed by atoms with Gasteiger partial charge in [-0.1, -0.05) is 31.5 Å². The Labute approximate surface area is 129 Å². The molecule has 0 spiro atoms. The second-order valence-corrected chi connectivity index (χ2v) is 5.43. The van der Waals surface area contributed by atoms with Gasteiger partial charge in [-0.05, 0) is 12.0 Å². The van der Waals surface area contributed by atoms with Crippen molar-refractivity contribution in [1.29, 1.82) is 0 Å². The minimum Gasteiger partial charge on any atom is -0.396 e. The first-order chi connectivity index (χ1) is 10.7. The zero-order chi connectivity index (χ0) is 15.5. The van der Waals surface area contributed by atoms with Gasteiger partial charge in [-0.15, -0.1) is 10.2 Å². The molecule has 1 saturated heterocycles. The number of morpholine rings is 1. The van der Waals surface area contributed by atoms with Crippen molar-refractivity contribution >= 4 is 22.5 Å². The van der Waals surface area contributed by atoms with Crippen molar-refractivity contribution in [2.45, 2.75) is 19.8 Å². The molecule has 1 aliphatic rings. The van der Waals surface area contributed by atoms with Gasteiger partial charge in [0.15, 0.2) is 5.69 Å². The Morgan fingerprint density at radius 3 is 2.82 bits per heavy atom. The van der Waals surface area contributed by atoms with E-state index in [9.17, 15) is 4.79 Å². The van der Waals surface area contributed by atoms with E-state index in [-0.39, 0.29) is 11.6 Å². The van der Waals surface area contributed by atoms with E-state index in [1.54, 1.807) is 4.90 Å². The van der Waals surface area contributed by atoms with Crippen LogP contribution in [0.25, 0.3) is 10.9 Å². The van der Waals surface area contributed by atoms with Gasteiger partial charge in [0.1, 0.15) is 0 Å². The van der Waals surface area contributed by atoms with Crippen LogP contribution in [0.3, 0.4) is 0 Å². The Morgan fingerprint density at radius 2 is 2.09 bits per heavy atom. The zero-order valence-electron chi connectivity index (χ0n) is 12.7. The minimum atomic E-state index is -0.170. The summed E-state index contributed by atoms with van der Waals surface area (Å²) in [7, 11) is 0. The number of amides is 1. The van der Waals surface area contributed by atoms with Crippen molar-refractivity contribution in [2.24, 2.45) is 0 Å². The van der Waals surface area contributed by atoms with Gasteiger partial charge < -0.3 is 15.4 Å². The Hall–Kier alpha value is -2.21. The lowest BCUT2D eigenvalue weighted by molar-refractivity contribution is 0.0299. The summed E-state index contributed by atoms with van der Waals surface area (Å²) in [5.41, 5.74) is 8.77. The summed E-state index contributed by atoms with van der Waals surface area (Å²) in [6.45, 7) is 4.34. The van der Waals surface area contributed by atoms with Gasteiger partial charge in [-0.2, -0.15) is 0 Å². The van der Waals surface area contributed by atoms with Gasteiger partial charge in [0, 0.05) is 18.5 Å². The average molecular weight is 300 g/mol. The molecular formula is C16H20N4O2. The number of ether oxygens (including phenoxy) is 1. The predicted molar refractivity (Wildman–Crippen MR) is 84.7 cm³/mol. The molecule has 1 fully saturated rings. The fourth-order valence-corrected chi connectivity index (χ4v) is 2.75. The van der Waals surface area contributed by atoms with Gasteiger partial charge in [-0.3, -0.25) is 4.79 Å². The molecule has 22 heavy (non-hydrogen) atoms. The standard InChI is InChI=1S/C16H20N4O2/c1-2-4-11-5-3-6-12-13(17)15(19-18-14(11)12)16(21)20-7-9-22-10-8-20/h3,5-6H,2,4,7-10H2,1H3,(H2,17,18). The lowest BCUT2D eigenvalue weighted by atomic mass is 10.0. The molecule has 0 saturated carbocycles. The molecule has 2 heterocycles. The number of nitrogens with two attached hydrogens (primary N) is 1. The molecule has 0 aliphatic carbocycles. The second-order valence-electron chi connectivity index (χ2n) is 5.43. The molecule has 6 heteroatoms. The van der Waals surface area contributed by atoms with E-state index >= 15 is 0 Å². The van der Waals surface area contributed by atoms with Crippen LogP contribution in [-0.4, -0.2) is 47.3 Å². The predicted octanol–water partition coefficient (Wildman–Crippen LogP) is 1.64. The van der Waals surface area contributed by atoms with Crippen molar-refractivity contribution in [2.75, 3.05) is 32.0 Å². The fourth-order valence-electron chi connectivity index (χ4n) is 2.75. The van der Waals surface area contributed by atoms with Crippen LogP contribution in [0.15, 0.2) is 18.2 Å². The largest absolute Gasteiger partial charge is 0.396 e. The van der Waals surface area contributed by atoms with Gasteiger partial charge >= 0.3 is 0 Å². The van der Waals surface area contributed by atoms with E-state index in [0.29, 0.717) is 32.0 Å². The Bertz CT molecular complexity index is 696. The maximum atomic E-state index is 12.6. The summed E-state index contributed by atoms with van der Waals surface area (Å²) in [5.74, 6) is -0.170. The Balaban J connectivity index is 2.01. The summed E-state index contributed by atoms with van der Waals surface area (Å²) in [6.07, 6.45) is 1.94. The Morgan fingerprint density at radius 1 is 1.32 bits per heavy atom. The maximum Gasteiger partial charge on any atom is 0.276 e. The molecule has 0 unspecified atom stereocenters. The van der Waals surface area contributed by atoms with Crippen LogP contribution in [0.1, 0.15) is 29.4 Å². The zero-order valence-corrected chi connectivity index (χ0v) is 12.7. The number of hydrogen-bond acceptors (Lipinski definition) is 5. The lowest BCUT2D eigenvalue weighted by Crippen LogP contribution is -2.41. The summed E-state index contributed by atoms with van der Waals surface area (Å²) in [6, 6.07) is 5.88. The van der Waals surface area contributed by atoms with Crippen LogP contribution < -0.4 is 5.73 Å². The molecule has 3 rings (SSSR count). The lowest BCUT2D eigenvalue weighted by Gasteiger charge is -2.26. The highest BCUT2D eigenvalue weighted by molar-refractivity contribution is 6.05. The first-order valence-corrected chi connectivity index (χ1v) is 7.63. The van der Waals surface area contributed by atoms with Crippen LogP contribution >= 0.6 is 0 Å². The molecule has 0 bridgehead atoms. The third kappa shape index (κ3) is 2.62. The van der Waals surface area contributed by atoms with Gasteiger partial charge in [0.2, 0.25) is 0 Å². The highest BCUT2D eigenvalue weighted by Gasteiger charge is 2.23. The van der Waals surface area contributed by atoms with Gasteiger partial charge in [0.05, 0.1) is 24.4 Å². The molecule has 2 N–H and O–H groups in total. The molecule has 116 valence electrons. The number of hydrogen-bond donors (Lipinski definition) is 1. The SMILES string of the molecule is CCCc1cccc2c(N)c(C(=O)N3CCOCC3)nnc12. The summed E-state index contributed by atoms with van der Waals surface area (Å²) >= 11 is 0. The second kappa shape index (κ2) is 6.27. The molecule has 0 radical (unpaired) electrons. The van der Waals surface area contributed by atoms with Crippen LogP contribution in [0, 0.1) is 0 Å². The summed E-state index contributed by atoms with van der Waals surface area (Å²) in [4.78, 5) is 14.3. The number of nitrogen functional groups attached to an aromatic ring is 1. The van der Waals surface area contributed by atoms with E-state index in [1.165, 1.54) is 0 Å². The third-order valence-electron chi connectivity index (χ3n) is 3.94. The van der Waals surface area contributed by atoms with Crippen molar-refractivity contribution in [3.8, 4) is 0 Å². The topological polar surface area (TPSA) is 81.3 Å².